The first-order valence-electron chi connectivity index (χ1n) is 5.78. The van der Waals surface area contributed by atoms with Crippen LogP contribution in [0.3, 0.4) is 0 Å². The molecule has 3 rings (SSSR count). The predicted octanol–water partition coefficient (Wildman–Crippen LogP) is 3.92. The Labute approximate surface area is 109 Å². The van der Waals surface area contributed by atoms with Crippen LogP contribution < -0.4 is 4.74 Å². The van der Waals surface area contributed by atoms with Gasteiger partial charge in [0.05, 0.1) is 18.1 Å². The number of benzene rings is 1. The molecule has 0 amide bonds. The molecule has 0 fully saturated rings. The Balaban J connectivity index is 2.22. The summed E-state index contributed by atoms with van der Waals surface area (Å²) in [6, 6.07) is 6.24. The number of ether oxygens (including phenoxy) is 1. The number of aromatic amines is 1. The van der Waals surface area contributed by atoms with Gasteiger partial charge in [-0.1, -0.05) is 6.07 Å². The molecule has 0 saturated heterocycles. The largest absolute Gasteiger partial charge is 0.495 e. The number of aryl methyl sites for hydroxylation is 2. The highest BCUT2D eigenvalue weighted by atomic mass is 32.1. The number of thiophene rings is 1. The standard InChI is InChI=1S/C14H14N2OS/c1-8-6-9(2)12-10(7-8)15-14(16-12)13-11(17-3)4-5-18-13/h4-7H,1-3H3,(H,15,16). The second-order valence-electron chi connectivity index (χ2n) is 4.38. The van der Waals surface area contributed by atoms with Gasteiger partial charge in [-0.3, -0.25) is 0 Å². The van der Waals surface area contributed by atoms with Gasteiger partial charge in [0.1, 0.15) is 10.6 Å². The highest BCUT2D eigenvalue weighted by Gasteiger charge is 2.13. The highest BCUT2D eigenvalue weighted by Crippen LogP contribution is 2.35. The van der Waals surface area contributed by atoms with Crippen molar-refractivity contribution < 1.29 is 4.74 Å². The lowest BCUT2D eigenvalue weighted by atomic mass is 10.1. The fourth-order valence-corrected chi connectivity index (χ4v) is 3.01. The first-order valence-corrected chi connectivity index (χ1v) is 6.66. The molecule has 0 aliphatic heterocycles. The summed E-state index contributed by atoms with van der Waals surface area (Å²) >= 11 is 1.63. The molecular formula is C14H14N2OS. The first kappa shape index (κ1) is 11.3. The maximum Gasteiger partial charge on any atom is 0.152 e. The zero-order valence-electron chi connectivity index (χ0n) is 10.6. The van der Waals surface area contributed by atoms with Crippen molar-refractivity contribution >= 4 is 22.4 Å². The summed E-state index contributed by atoms with van der Waals surface area (Å²) in [6.45, 7) is 4.18. The van der Waals surface area contributed by atoms with E-state index in [1.165, 1.54) is 11.1 Å². The van der Waals surface area contributed by atoms with Gasteiger partial charge in [-0.15, -0.1) is 11.3 Å². The van der Waals surface area contributed by atoms with Crippen LogP contribution in [0.25, 0.3) is 21.7 Å². The topological polar surface area (TPSA) is 37.9 Å². The average Bonchev–Trinajstić information content (AvgIpc) is 2.92. The van der Waals surface area contributed by atoms with Crippen LogP contribution in [-0.2, 0) is 0 Å². The zero-order valence-corrected chi connectivity index (χ0v) is 11.4. The second-order valence-corrected chi connectivity index (χ2v) is 5.30. The summed E-state index contributed by atoms with van der Waals surface area (Å²) in [7, 11) is 1.68. The van der Waals surface area contributed by atoms with Gasteiger partial charge in [-0.05, 0) is 42.5 Å². The molecule has 18 heavy (non-hydrogen) atoms. The van der Waals surface area contributed by atoms with E-state index in [-0.39, 0.29) is 0 Å². The minimum atomic E-state index is 0.869. The summed E-state index contributed by atoms with van der Waals surface area (Å²) in [5.41, 5.74) is 4.56. The van der Waals surface area contributed by atoms with Gasteiger partial charge in [0, 0.05) is 0 Å². The van der Waals surface area contributed by atoms with Crippen molar-refractivity contribution in [3.63, 3.8) is 0 Å². The van der Waals surface area contributed by atoms with Crippen molar-refractivity contribution in [2.24, 2.45) is 0 Å². The van der Waals surface area contributed by atoms with Crippen LogP contribution in [0.15, 0.2) is 23.6 Å². The molecule has 3 nitrogen and oxygen atoms in total. The number of nitrogens with one attached hydrogen (secondary N) is 1. The quantitative estimate of drug-likeness (QED) is 0.756. The van der Waals surface area contributed by atoms with Gasteiger partial charge < -0.3 is 9.72 Å². The second kappa shape index (κ2) is 4.14. The Bertz CT molecular complexity index is 712. The van der Waals surface area contributed by atoms with Crippen molar-refractivity contribution in [2.75, 3.05) is 7.11 Å². The van der Waals surface area contributed by atoms with Gasteiger partial charge in [0.25, 0.3) is 0 Å². The van der Waals surface area contributed by atoms with E-state index in [0.717, 1.165) is 27.5 Å². The van der Waals surface area contributed by atoms with Crippen molar-refractivity contribution in [2.45, 2.75) is 13.8 Å². The van der Waals surface area contributed by atoms with Crippen LogP contribution in [0.1, 0.15) is 11.1 Å². The van der Waals surface area contributed by atoms with Crippen LogP contribution in [0.4, 0.5) is 0 Å². The summed E-state index contributed by atoms with van der Waals surface area (Å²) in [6.07, 6.45) is 0. The summed E-state index contributed by atoms with van der Waals surface area (Å²) in [4.78, 5) is 9.10. The van der Waals surface area contributed by atoms with E-state index in [1.54, 1.807) is 18.4 Å². The summed E-state index contributed by atoms with van der Waals surface area (Å²) in [5, 5.41) is 2.01. The first-order chi connectivity index (χ1) is 8.69. The average molecular weight is 258 g/mol. The van der Waals surface area contributed by atoms with Crippen LogP contribution in [0, 0.1) is 13.8 Å². The van der Waals surface area contributed by atoms with Crippen molar-refractivity contribution in [1.82, 2.24) is 9.97 Å². The molecular weight excluding hydrogens is 244 g/mol. The number of rotatable bonds is 2. The van der Waals surface area contributed by atoms with E-state index in [1.807, 2.05) is 11.4 Å². The summed E-state index contributed by atoms with van der Waals surface area (Å²) in [5.74, 6) is 1.75. The maximum absolute atomic E-state index is 5.34. The van der Waals surface area contributed by atoms with E-state index in [0.29, 0.717) is 0 Å². The van der Waals surface area contributed by atoms with Gasteiger partial charge >= 0.3 is 0 Å². The minimum Gasteiger partial charge on any atom is -0.495 e. The van der Waals surface area contributed by atoms with Crippen molar-refractivity contribution in [3.8, 4) is 16.5 Å². The summed E-state index contributed by atoms with van der Waals surface area (Å²) < 4.78 is 5.34. The van der Waals surface area contributed by atoms with E-state index < -0.39 is 0 Å². The lowest BCUT2D eigenvalue weighted by molar-refractivity contribution is 0.418. The molecule has 0 aliphatic rings. The molecule has 2 aromatic heterocycles. The van der Waals surface area contributed by atoms with Crippen LogP contribution in [0.2, 0.25) is 0 Å². The van der Waals surface area contributed by atoms with E-state index >= 15 is 0 Å². The molecule has 0 unspecified atom stereocenters. The molecule has 1 N–H and O–H groups in total. The Morgan fingerprint density at radius 1 is 1.28 bits per heavy atom. The van der Waals surface area contributed by atoms with Crippen LogP contribution in [0.5, 0.6) is 5.75 Å². The normalized spacial score (nSPS) is 11.1. The lowest BCUT2D eigenvalue weighted by Gasteiger charge is -1.97. The molecule has 1 aromatic carbocycles. The Kier molecular flexibility index (Phi) is 2.59. The molecule has 0 saturated carbocycles. The minimum absolute atomic E-state index is 0.869. The molecule has 0 radical (unpaired) electrons. The van der Waals surface area contributed by atoms with Crippen molar-refractivity contribution in [3.05, 3.63) is 34.7 Å². The number of hydrogen-bond donors (Lipinski definition) is 1. The Morgan fingerprint density at radius 2 is 2.11 bits per heavy atom. The maximum atomic E-state index is 5.34. The Morgan fingerprint density at radius 3 is 2.89 bits per heavy atom. The van der Waals surface area contributed by atoms with Crippen LogP contribution >= 0.6 is 11.3 Å². The molecule has 0 aliphatic carbocycles. The molecule has 0 bridgehead atoms. The number of hydrogen-bond acceptors (Lipinski definition) is 3. The smallest absolute Gasteiger partial charge is 0.152 e. The molecule has 3 aromatic rings. The molecule has 0 atom stereocenters. The predicted molar refractivity (Wildman–Crippen MR) is 75.4 cm³/mol. The van der Waals surface area contributed by atoms with E-state index in [4.69, 9.17) is 4.74 Å². The number of aromatic nitrogens is 2. The zero-order chi connectivity index (χ0) is 12.7. The number of fused-ring (bicyclic) bond motifs is 1. The third-order valence-electron chi connectivity index (χ3n) is 2.99. The monoisotopic (exact) mass is 258 g/mol. The molecule has 2 heterocycles. The molecule has 0 spiro atoms. The molecule has 92 valence electrons. The number of H-pyrrole nitrogens is 1. The van der Waals surface area contributed by atoms with Crippen LogP contribution in [-0.4, -0.2) is 17.1 Å². The number of nitrogens with zero attached hydrogens (tertiary/aromatic N) is 1. The third-order valence-corrected chi connectivity index (χ3v) is 3.89. The lowest BCUT2D eigenvalue weighted by Crippen LogP contribution is -1.83. The van der Waals surface area contributed by atoms with E-state index in [2.05, 4.69) is 35.9 Å². The van der Waals surface area contributed by atoms with E-state index in [9.17, 15) is 0 Å². The van der Waals surface area contributed by atoms with Gasteiger partial charge in [0.2, 0.25) is 0 Å². The van der Waals surface area contributed by atoms with Crippen molar-refractivity contribution in [1.29, 1.82) is 0 Å². The van der Waals surface area contributed by atoms with Gasteiger partial charge in [0.15, 0.2) is 5.82 Å². The fourth-order valence-electron chi connectivity index (χ4n) is 2.21. The highest BCUT2D eigenvalue weighted by molar-refractivity contribution is 7.13. The molecule has 4 heteroatoms. The van der Waals surface area contributed by atoms with Gasteiger partial charge in [-0.2, -0.15) is 0 Å². The Hall–Kier alpha value is -1.81. The third kappa shape index (κ3) is 1.69. The SMILES string of the molecule is COc1ccsc1-c1nc2c(C)cc(C)cc2[nH]1. The number of methoxy groups -OCH3 is 1. The fraction of sp³-hybridized carbons (Fsp3) is 0.214. The van der Waals surface area contributed by atoms with Gasteiger partial charge in [-0.25, -0.2) is 4.98 Å². The number of imidazole rings is 1.